The summed E-state index contributed by atoms with van der Waals surface area (Å²) in [6.45, 7) is 2.85. The Kier molecular flexibility index (Phi) is 6.16. The molecular weight excluding hydrogens is 200 g/mol. The molecule has 16 heavy (non-hydrogen) atoms. The number of rotatable bonds is 7. The van der Waals surface area contributed by atoms with E-state index in [4.69, 9.17) is 5.73 Å². The summed E-state index contributed by atoms with van der Waals surface area (Å²) >= 11 is 0. The smallest absolute Gasteiger partial charge is 0.236 e. The molecule has 0 heterocycles. The topological polar surface area (TPSA) is 55.1 Å². The molecule has 1 aliphatic rings. The van der Waals surface area contributed by atoms with Gasteiger partial charge < -0.3 is 11.1 Å². The van der Waals surface area contributed by atoms with Crippen molar-refractivity contribution in [3.63, 3.8) is 0 Å². The van der Waals surface area contributed by atoms with Gasteiger partial charge in [-0.3, -0.25) is 4.79 Å². The van der Waals surface area contributed by atoms with E-state index in [1.54, 1.807) is 0 Å². The van der Waals surface area contributed by atoms with E-state index in [1.807, 2.05) is 0 Å². The summed E-state index contributed by atoms with van der Waals surface area (Å²) in [7, 11) is 0. The van der Waals surface area contributed by atoms with Crippen LogP contribution in [0.5, 0.6) is 0 Å². The first-order valence-corrected chi connectivity index (χ1v) is 6.45. The third kappa shape index (κ3) is 4.79. The Bertz CT molecular complexity index is 248. The van der Waals surface area contributed by atoms with Gasteiger partial charge in [0.15, 0.2) is 0 Å². The Labute approximate surface area is 98.5 Å². The normalized spacial score (nSPS) is 17.0. The monoisotopic (exact) mass is 224 g/mol. The number of carbonyl (C=O) groups excluding carboxylic acids is 1. The van der Waals surface area contributed by atoms with E-state index in [9.17, 15) is 4.79 Å². The maximum absolute atomic E-state index is 11.6. The molecule has 0 unspecified atom stereocenters. The molecule has 0 radical (unpaired) electrons. The standard InChI is InChI=1S/C13H24N2O/c1-2-3-8-12(14)13(16)15-10-9-11-6-4-5-7-11/h6,12H,2-5,7-10,14H2,1H3,(H,15,16)/t12-/m0/s1. The summed E-state index contributed by atoms with van der Waals surface area (Å²) in [4.78, 5) is 11.6. The molecule has 3 N–H and O–H groups in total. The van der Waals surface area contributed by atoms with E-state index in [-0.39, 0.29) is 11.9 Å². The number of carbonyl (C=O) groups is 1. The third-order valence-electron chi connectivity index (χ3n) is 3.09. The Hall–Kier alpha value is -0.830. The predicted molar refractivity (Wildman–Crippen MR) is 67.1 cm³/mol. The highest BCUT2D eigenvalue weighted by Crippen LogP contribution is 2.19. The van der Waals surface area contributed by atoms with Crippen LogP contribution in [0.1, 0.15) is 51.9 Å². The molecule has 1 rings (SSSR count). The maximum atomic E-state index is 11.6. The lowest BCUT2D eigenvalue weighted by molar-refractivity contribution is -0.122. The van der Waals surface area contributed by atoms with Crippen LogP contribution in [-0.2, 0) is 4.79 Å². The van der Waals surface area contributed by atoms with Crippen LogP contribution < -0.4 is 11.1 Å². The van der Waals surface area contributed by atoms with Crippen LogP contribution in [0.15, 0.2) is 11.6 Å². The van der Waals surface area contributed by atoms with E-state index in [0.29, 0.717) is 0 Å². The van der Waals surface area contributed by atoms with Crippen LogP contribution in [-0.4, -0.2) is 18.5 Å². The zero-order chi connectivity index (χ0) is 11.8. The van der Waals surface area contributed by atoms with Crippen molar-refractivity contribution in [1.29, 1.82) is 0 Å². The number of nitrogens with one attached hydrogen (secondary N) is 1. The fraction of sp³-hybridized carbons (Fsp3) is 0.769. The van der Waals surface area contributed by atoms with E-state index in [2.05, 4.69) is 18.3 Å². The van der Waals surface area contributed by atoms with Gasteiger partial charge in [-0.25, -0.2) is 0 Å². The Balaban J connectivity index is 2.09. The maximum Gasteiger partial charge on any atom is 0.236 e. The molecule has 0 saturated carbocycles. The predicted octanol–water partition coefficient (Wildman–Crippen LogP) is 2.12. The minimum absolute atomic E-state index is 0.00652. The Morgan fingerprint density at radius 2 is 2.44 bits per heavy atom. The number of allylic oxidation sites excluding steroid dienone is 1. The SMILES string of the molecule is CCCC[C@H](N)C(=O)NCCC1=CCCC1. The number of amides is 1. The van der Waals surface area contributed by atoms with Gasteiger partial charge in [-0.15, -0.1) is 0 Å². The zero-order valence-corrected chi connectivity index (χ0v) is 10.3. The summed E-state index contributed by atoms with van der Waals surface area (Å²) in [5, 5.41) is 2.91. The molecule has 0 aliphatic heterocycles. The van der Waals surface area contributed by atoms with Crippen molar-refractivity contribution in [1.82, 2.24) is 5.32 Å². The van der Waals surface area contributed by atoms with Crippen molar-refractivity contribution in [2.24, 2.45) is 5.73 Å². The van der Waals surface area contributed by atoms with Gasteiger partial charge in [0.1, 0.15) is 0 Å². The van der Waals surface area contributed by atoms with E-state index >= 15 is 0 Å². The summed E-state index contributed by atoms with van der Waals surface area (Å²) < 4.78 is 0. The quantitative estimate of drug-likeness (QED) is 0.651. The van der Waals surface area contributed by atoms with Crippen LogP contribution >= 0.6 is 0 Å². The lowest BCUT2D eigenvalue weighted by Crippen LogP contribution is -2.40. The number of hydrogen-bond acceptors (Lipinski definition) is 2. The molecule has 1 amide bonds. The van der Waals surface area contributed by atoms with Crippen LogP contribution in [0.2, 0.25) is 0 Å². The van der Waals surface area contributed by atoms with Crippen LogP contribution in [0.25, 0.3) is 0 Å². The lowest BCUT2D eigenvalue weighted by Gasteiger charge is -2.11. The van der Waals surface area contributed by atoms with Gasteiger partial charge in [0, 0.05) is 6.54 Å². The molecule has 1 atom stereocenters. The van der Waals surface area contributed by atoms with Crippen molar-refractivity contribution >= 4 is 5.91 Å². The minimum atomic E-state index is -0.322. The summed E-state index contributed by atoms with van der Waals surface area (Å²) in [6.07, 6.45) is 9.89. The van der Waals surface area contributed by atoms with E-state index in [1.165, 1.54) is 24.8 Å². The van der Waals surface area contributed by atoms with Crippen molar-refractivity contribution in [2.75, 3.05) is 6.54 Å². The molecule has 0 aromatic carbocycles. The largest absolute Gasteiger partial charge is 0.354 e. The molecule has 0 fully saturated rings. The molecule has 0 aromatic heterocycles. The molecule has 0 saturated heterocycles. The lowest BCUT2D eigenvalue weighted by atomic mass is 10.1. The highest BCUT2D eigenvalue weighted by molar-refractivity contribution is 5.81. The first-order chi connectivity index (χ1) is 7.74. The highest BCUT2D eigenvalue weighted by Gasteiger charge is 2.12. The second-order valence-electron chi connectivity index (χ2n) is 4.54. The minimum Gasteiger partial charge on any atom is -0.354 e. The average molecular weight is 224 g/mol. The molecule has 3 nitrogen and oxygen atoms in total. The highest BCUT2D eigenvalue weighted by atomic mass is 16.2. The van der Waals surface area contributed by atoms with Crippen molar-refractivity contribution in [3.05, 3.63) is 11.6 Å². The average Bonchev–Trinajstić information content (AvgIpc) is 2.78. The van der Waals surface area contributed by atoms with Crippen molar-refractivity contribution in [3.8, 4) is 0 Å². The van der Waals surface area contributed by atoms with Crippen LogP contribution in [0, 0.1) is 0 Å². The first kappa shape index (κ1) is 13.2. The summed E-state index contributed by atoms with van der Waals surface area (Å²) in [6, 6.07) is -0.322. The zero-order valence-electron chi connectivity index (χ0n) is 10.3. The number of nitrogens with two attached hydrogens (primary N) is 1. The van der Waals surface area contributed by atoms with Gasteiger partial charge in [0.2, 0.25) is 5.91 Å². The Morgan fingerprint density at radius 1 is 1.62 bits per heavy atom. The van der Waals surface area contributed by atoms with E-state index in [0.717, 1.165) is 32.2 Å². The fourth-order valence-electron chi connectivity index (χ4n) is 2.00. The van der Waals surface area contributed by atoms with Crippen LogP contribution in [0.3, 0.4) is 0 Å². The van der Waals surface area contributed by atoms with Gasteiger partial charge in [-0.1, -0.05) is 31.4 Å². The molecular formula is C13H24N2O. The van der Waals surface area contributed by atoms with Gasteiger partial charge in [-0.05, 0) is 32.1 Å². The number of unbranched alkanes of at least 4 members (excludes halogenated alkanes) is 1. The van der Waals surface area contributed by atoms with Crippen molar-refractivity contribution in [2.45, 2.75) is 57.9 Å². The fourth-order valence-corrected chi connectivity index (χ4v) is 2.00. The second kappa shape index (κ2) is 7.44. The third-order valence-corrected chi connectivity index (χ3v) is 3.09. The van der Waals surface area contributed by atoms with Crippen LogP contribution in [0.4, 0.5) is 0 Å². The van der Waals surface area contributed by atoms with Gasteiger partial charge in [0.05, 0.1) is 6.04 Å². The molecule has 0 aromatic rings. The molecule has 3 heteroatoms. The van der Waals surface area contributed by atoms with Gasteiger partial charge in [-0.2, -0.15) is 0 Å². The summed E-state index contributed by atoms with van der Waals surface area (Å²) in [5.41, 5.74) is 7.26. The molecule has 0 bridgehead atoms. The van der Waals surface area contributed by atoms with Gasteiger partial charge in [0.25, 0.3) is 0 Å². The van der Waals surface area contributed by atoms with Crippen molar-refractivity contribution < 1.29 is 4.79 Å². The molecule has 0 spiro atoms. The molecule has 92 valence electrons. The van der Waals surface area contributed by atoms with Gasteiger partial charge >= 0.3 is 0 Å². The second-order valence-corrected chi connectivity index (χ2v) is 4.54. The van der Waals surface area contributed by atoms with E-state index < -0.39 is 0 Å². The number of hydrogen-bond donors (Lipinski definition) is 2. The summed E-state index contributed by atoms with van der Waals surface area (Å²) in [5.74, 6) is 0.00652. The molecule has 1 aliphatic carbocycles. The first-order valence-electron chi connectivity index (χ1n) is 6.45. The Morgan fingerprint density at radius 3 is 3.06 bits per heavy atom.